The molecule has 1 saturated heterocycles. The topological polar surface area (TPSA) is 40.6 Å². The van der Waals surface area contributed by atoms with Crippen LogP contribution < -0.4 is 0 Å². The third kappa shape index (κ3) is 4.10. The van der Waals surface area contributed by atoms with E-state index in [2.05, 4.69) is 0 Å². The molecular weight excluding hydrogens is 366 g/mol. The monoisotopic (exact) mass is 382 g/mol. The maximum Gasteiger partial charge on any atom is 0.416 e. The summed E-state index contributed by atoms with van der Waals surface area (Å²) in [7, 11) is 2.91. The lowest BCUT2D eigenvalue weighted by Crippen LogP contribution is -2.45. The molecule has 1 aromatic carbocycles. The summed E-state index contributed by atoms with van der Waals surface area (Å²) in [5.74, 6) is -1.46. The second-order valence-electron chi connectivity index (χ2n) is 6.18. The van der Waals surface area contributed by atoms with Crippen molar-refractivity contribution in [2.45, 2.75) is 31.2 Å². The van der Waals surface area contributed by atoms with E-state index in [0.717, 1.165) is 4.90 Å². The van der Waals surface area contributed by atoms with E-state index in [4.69, 9.17) is 0 Å². The summed E-state index contributed by atoms with van der Waals surface area (Å²) in [4.78, 5) is 26.9. The molecule has 1 aromatic rings. The number of carbonyl (C=O) groups is 2. The molecule has 10 heteroatoms. The first-order valence-electron chi connectivity index (χ1n) is 7.64. The Bertz CT molecular complexity index is 679. The van der Waals surface area contributed by atoms with Crippen molar-refractivity contribution in [3.8, 4) is 0 Å². The minimum absolute atomic E-state index is 0.0385. The van der Waals surface area contributed by atoms with Crippen molar-refractivity contribution in [3.63, 3.8) is 0 Å². The van der Waals surface area contributed by atoms with Gasteiger partial charge >= 0.3 is 12.4 Å². The van der Waals surface area contributed by atoms with Gasteiger partial charge in [-0.25, -0.2) is 0 Å². The number of carbonyl (C=O) groups excluding carboxylic acids is 2. The number of nitrogens with zero attached hydrogens (tertiary/aromatic N) is 2. The molecule has 0 radical (unpaired) electrons. The number of hydrogen-bond donors (Lipinski definition) is 0. The Morgan fingerprint density at radius 1 is 1.00 bits per heavy atom. The SMILES string of the molecule is CN(C)C(=O)C1CCCN1C(=O)c1cc(C(F)(F)F)cc(C(F)(F)F)c1. The fraction of sp³-hybridized carbons (Fsp3) is 0.500. The molecule has 0 bridgehead atoms. The first kappa shape index (κ1) is 20.1. The summed E-state index contributed by atoms with van der Waals surface area (Å²) < 4.78 is 77.6. The number of halogens is 6. The second kappa shape index (κ2) is 6.81. The minimum atomic E-state index is -5.04. The first-order chi connectivity index (χ1) is 11.8. The molecule has 0 aliphatic carbocycles. The molecule has 1 fully saturated rings. The highest BCUT2D eigenvalue weighted by Crippen LogP contribution is 2.37. The molecule has 1 aliphatic heterocycles. The molecule has 1 atom stereocenters. The highest BCUT2D eigenvalue weighted by molar-refractivity contribution is 5.98. The van der Waals surface area contributed by atoms with E-state index in [0.29, 0.717) is 25.0 Å². The van der Waals surface area contributed by atoms with Crippen LogP contribution in [0, 0.1) is 0 Å². The molecule has 0 spiro atoms. The number of likely N-dealkylation sites (N-methyl/N-ethyl adjacent to an activating group) is 1. The molecule has 2 rings (SSSR count). The summed E-state index contributed by atoms with van der Waals surface area (Å²) in [6, 6.07) is -0.176. The summed E-state index contributed by atoms with van der Waals surface area (Å²) in [5, 5.41) is 0. The Balaban J connectivity index is 2.46. The van der Waals surface area contributed by atoms with Crippen LogP contribution in [-0.2, 0) is 17.1 Å². The molecule has 1 heterocycles. The van der Waals surface area contributed by atoms with Crippen LogP contribution in [0.4, 0.5) is 26.3 Å². The Labute approximate surface area is 145 Å². The van der Waals surface area contributed by atoms with Crippen LogP contribution in [0.2, 0.25) is 0 Å². The Kier molecular flexibility index (Phi) is 5.25. The molecule has 2 amide bonds. The summed E-state index contributed by atoms with van der Waals surface area (Å²) in [6.45, 7) is 0.0840. The Hall–Kier alpha value is -2.26. The fourth-order valence-electron chi connectivity index (χ4n) is 2.81. The summed E-state index contributed by atoms with van der Waals surface area (Å²) in [5.41, 5.74) is -3.87. The zero-order chi connectivity index (χ0) is 19.9. The van der Waals surface area contributed by atoms with Gasteiger partial charge in [0.05, 0.1) is 11.1 Å². The summed E-state index contributed by atoms with van der Waals surface area (Å²) >= 11 is 0. The maximum atomic E-state index is 12.9. The van der Waals surface area contributed by atoms with E-state index < -0.39 is 46.9 Å². The van der Waals surface area contributed by atoms with Gasteiger partial charge in [0.25, 0.3) is 5.91 Å². The van der Waals surface area contributed by atoms with Gasteiger partial charge in [0.2, 0.25) is 5.91 Å². The van der Waals surface area contributed by atoms with Gasteiger partial charge in [-0.3, -0.25) is 9.59 Å². The van der Waals surface area contributed by atoms with Gasteiger partial charge in [-0.05, 0) is 31.0 Å². The number of amides is 2. The average Bonchev–Trinajstić information content (AvgIpc) is 3.00. The van der Waals surface area contributed by atoms with E-state index in [1.54, 1.807) is 0 Å². The van der Waals surface area contributed by atoms with Crippen LogP contribution in [0.15, 0.2) is 18.2 Å². The van der Waals surface area contributed by atoms with Crippen molar-refractivity contribution in [2.24, 2.45) is 0 Å². The van der Waals surface area contributed by atoms with Crippen molar-refractivity contribution in [3.05, 3.63) is 34.9 Å². The molecule has 0 aromatic heterocycles. The standard InChI is InChI=1S/C16H16F6N2O2/c1-23(2)14(26)12-4-3-5-24(12)13(25)9-6-10(15(17,18)19)8-11(7-9)16(20,21)22/h6-8,12H,3-5H2,1-2H3. The van der Waals surface area contributed by atoms with E-state index in [1.807, 2.05) is 0 Å². The van der Waals surface area contributed by atoms with Crippen LogP contribution in [0.25, 0.3) is 0 Å². The van der Waals surface area contributed by atoms with Crippen molar-refractivity contribution >= 4 is 11.8 Å². The van der Waals surface area contributed by atoms with Gasteiger partial charge < -0.3 is 9.80 Å². The molecule has 26 heavy (non-hydrogen) atoms. The van der Waals surface area contributed by atoms with Crippen LogP contribution in [0.3, 0.4) is 0 Å². The molecule has 0 saturated carbocycles. The van der Waals surface area contributed by atoms with E-state index in [9.17, 15) is 35.9 Å². The van der Waals surface area contributed by atoms with Crippen LogP contribution >= 0.6 is 0 Å². The van der Waals surface area contributed by atoms with Gasteiger partial charge in [0.15, 0.2) is 0 Å². The molecule has 1 unspecified atom stereocenters. The third-order valence-electron chi connectivity index (χ3n) is 4.07. The number of hydrogen-bond acceptors (Lipinski definition) is 2. The van der Waals surface area contributed by atoms with Crippen molar-refractivity contribution < 1.29 is 35.9 Å². The highest BCUT2D eigenvalue weighted by Gasteiger charge is 2.40. The van der Waals surface area contributed by atoms with E-state index in [-0.39, 0.29) is 12.6 Å². The largest absolute Gasteiger partial charge is 0.416 e. The summed E-state index contributed by atoms with van der Waals surface area (Å²) in [6.07, 6.45) is -9.35. The zero-order valence-corrected chi connectivity index (χ0v) is 13.9. The first-order valence-corrected chi connectivity index (χ1v) is 7.64. The van der Waals surface area contributed by atoms with Gasteiger partial charge in [0, 0.05) is 26.2 Å². The highest BCUT2D eigenvalue weighted by atomic mass is 19.4. The average molecular weight is 382 g/mol. The van der Waals surface area contributed by atoms with Crippen LogP contribution in [0.1, 0.15) is 34.3 Å². The Morgan fingerprint density at radius 2 is 1.50 bits per heavy atom. The lowest BCUT2D eigenvalue weighted by molar-refractivity contribution is -0.143. The molecule has 144 valence electrons. The molecular formula is C16H16F6N2O2. The van der Waals surface area contributed by atoms with Gasteiger partial charge in [-0.1, -0.05) is 0 Å². The fourth-order valence-corrected chi connectivity index (χ4v) is 2.81. The number of rotatable bonds is 2. The predicted octanol–water partition coefficient (Wildman–Crippen LogP) is 3.42. The third-order valence-corrected chi connectivity index (χ3v) is 4.07. The quantitative estimate of drug-likeness (QED) is 0.736. The van der Waals surface area contributed by atoms with Crippen molar-refractivity contribution in [1.29, 1.82) is 0 Å². The lowest BCUT2D eigenvalue weighted by atomic mass is 10.0. The minimum Gasteiger partial charge on any atom is -0.347 e. The smallest absolute Gasteiger partial charge is 0.347 e. The second-order valence-corrected chi connectivity index (χ2v) is 6.18. The molecule has 0 N–H and O–H groups in total. The molecule has 1 aliphatic rings. The van der Waals surface area contributed by atoms with Crippen molar-refractivity contribution in [1.82, 2.24) is 9.80 Å². The van der Waals surface area contributed by atoms with Crippen LogP contribution in [-0.4, -0.2) is 48.3 Å². The number of benzene rings is 1. The van der Waals surface area contributed by atoms with Crippen molar-refractivity contribution in [2.75, 3.05) is 20.6 Å². The van der Waals surface area contributed by atoms with Gasteiger partial charge in [0.1, 0.15) is 6.04 Å². The lowest BCUT2D eigenvalue weighted by Gasteiger charge is -2.26. The number of likely N-dealkylation sites (tertiary alicyclic amines) is 1. The number of alkyl halides is 6. The normalized spacial score (nSPS) is 18.2. The van der Waals surface area contributed by atoms with E-state index >= 15 is 0 Å². The molecule has 4 nitrogen and oxygen atoms in total. The predicted molar refractivity (Wildman–Crippen MR) is 79.2 cm³/mol. The van der Waals surface area contributed by atoms with Gasteiger partial charge in [-0.2, -0.15) is 26.3 Å². The van der Waals surface area contributed by atoms with Gasteiger partial charge in [-0.15, -0.1) is 0 Å². The zero-order valence-electron chi connectivity index (χ0n) is 13.9. The maximum absolute atomic E-state index is 12.9. The van der Waals surface area contributed by atoms with Crippen LogP contribution in [0.5, 0.6) is 0 Å². The van der Waals surface area contributed by atoms with E-state index in [1.165, 1.54) is 19.0 Å². The Morgan fingerprint density at radius 3 is 1.92 bits per heavy atom.